The van der Waals surface area contributed by atoms with Crippen LogP contribution in [-0.2, 0) is 9.59 Å². The Kier molecular flexibility index (Phi) is 7.28. The lowest BCUT2D eigenvalue weighted by molar-refractivity contribution is -0.137. The molecule has 1 aliphatic carbocycles. The predicted molar refractivity (Wildman–Crippen MR) is 143 cm³/mol. The minimum atomic E-state index is -0.885. The molecule has 5 rings (SSSR count). The lowest BCUT2D eigenvalue weighted by Crippen LogP contribution is -2.37. The fourth-order valence-electron chi connectivity index (χ4n) is 4.67. The number of likely N-dealkylation sites (N-methyl/N-ethyl adjacent to an activating group) is 1. The Balaban J connectivity index is 1.25. The van der Waals surface area contributed by atoms with Gasteiger partial charge >= 0.3 is 5.97 Å². The second-order valence-electron chi connectivity index (χ2n) is 9.29. The van der Waals surface area contributed by atoms with Crippen LogP contribution in [0.5, 0.6) is 0 Å². The second kappa shape index (κ2) is 10.8. The first-order valence-electron chi connectivity index (χ1n) is 12.1. The van der Waals surface area contributed by atoms with Gasteiger partial charge < -0.3 is 15.7 Å². The van der Waals surface area contributed by atoms with Crippen LogP contribution in [0.4, 0.5) is 5.95 Å². The van der Waals surface area contributed by atoms with E-state index in [2.05, 4.69) is 41.6 Å². The molecule has 37 heavy (non-hydrogen) atoms. The number of benzene rings is 1. The Hall–Kier alpha value is -3.64. The largest absolute Gasteiger partial charge is 0.480 e. The third kappa shape index (κ3) is 5.70. The normalized spacial score (nSPS) is 17.5. The third-order valence-electron chi connectivity index (χ3n) is 6.55. The molecule has 1 aromatic carbocycles. The number of nitrogens with one attached hydrogen (secondary N) is 2. The van der Waals surface area contributed by atoms with Crippen LogP contribution < -0.4 is 10.6 Å². The van der Waals surface area contributed by atoms with Crippen molar-refractivity contribution >= 4 is 55.7 Å². The van der Waals surface area contributed by atoms with Crippen molar-refractivity contribution < 1.29 is 14.7 Å². The number of carboxylic acid groups (broad SMARTS) is 1. The molecule has 12 heteroatoms. The molecule has 0 unspecified atom stereocenters. The fourth-order valence-corrected chi connectivity index (χ4v) is 5.11. The van der Waals surface area contributed by atoms with Crippen LogP contribution in [0.3, 0.4) is 0 Å². The zero-order chi connectivity index (χ0) is 25.9. The number of carbonyl (C=O) groups is 2. The number of fused-ring (bicyclic) bond motifs is 2. The Bertz CT molecular complexity index is 1460. The van der Waals surface area contributed by atoms with Crippen molar-refractivity contribution in [2.24, 2.45) is 5.92 Å². The summed E-state index contributed by atoms with van der Waals surface area (Å²) in [4.78, 5) is 38.6. The van der Waals surface area contributed by atoms with Crippen molar-refractivity contribution in [2.45, 2.75) is 25.3 Å². The maximum atomic E-state index is 12.6. The van der Waals surface area contributed by atoms with Gasteiger partial charge in [0.15, 0.2) is 5.65 Å². The first-order chi connectivity index (χ1) is 17.9. The van der Waals surface area contributed by atoms with Crippen LogP contribution in [0, 0.1) is 5.92 Å². The van der Waals surface area contributed by atoms with Gasteiger partial charge in [0.1, 0.15) is 4.60 Å². The summed E-state index contributed by atoms with van der Waals surface area (Å²) in [7, 11) is 1.72. The van der Waals surface area contributed by atoms with Gasteiger partial charge in [0.05, 0.1) is 23.1 Å². The highest BCUT2D eigenvalue weighted by Gasteiger charge is 2.30. The number of anilines is 1. The summed E-state index contributed by atoms with van der Waals surface area (Å²) in [6, 6.07) is 9.93. The van der Waals surface area contributed by atoms with E-state index in [0.29, 0.717) is 35.7 Å². The SMILES string of the molecule is CN(CCNC(=O)[C@@H]1CC[C@@H](Nc2ncc3c(Br)nn(-c4ccc5ncccc5c4)c3n2)C1)CC(=O)O. The van der Waals surface area contributed by atoms with Gasteiger partial charge in [0.25, 0.3) is 0 Å². The maximum absolute atomic E-state index is 12.6. The molecule has 1 amide bonds. The van der Waals surface area contributed by atoms with E-state index in [4.69, 9.17) is 10.1 Å². The average Bonchev–Trinajstić information content (AvgIpc) is 3.47. The number of halogens is 1. The first-order valence-corrected chi connectivity index (χ1v) is 12.9. The van der Waals surface area contributed by atoms with Gasteiger partial charge in [-0.3, -0.25) is 19.5 Å². The van der Waals surface area contributed by atoms with Crippen molar-refractivity contribution in [3.05, 3.63) is 47.3 Å². The number of aliphatic carboxylic acids is 1. The molecule has 3 heterocycles. The molecule has 1 fully saturated rings. The predicted octanol–water partition coefficient (Wildman–Crippen LogP) is 2.84. The fraction of sp³-hybridized carbons (Fsp3) is 0.360. The van der Waals surface area contributed by atoms with Crippen LogP contribution in [0.2, 0.25) is 0 Å². The van der Waals surface area contributed by atoms with Gasteiger partial charge in [-0.2, -0.15) is 10.1 Å². The summed E-state index contributed by atoms with van der Waals surface area (Å²) in [6.07, 6.45) is 5.79. The van der Waals surface area contributed by atoms with Gasteiger partial charge in [0.2, 0.25) is 11.9 Å². The van der Waals surface area contributed by atoms with Crippen molar-refractivity contribution in [1.82, 2.24) is 34.9 Å². The van der Waals surface area contributed by atoms with Gasteiger partial charge in [-0.15, -0.1) is 0 Å². The minimum Gasteiger partial charge on any atom is -0.480 e. The standard InChI is InChI=1S/C25H27BrN8O3/c1-33(14-21(35)36)10-9-28-24(37)16-4-5-17(11-16)30-25-29-13-19-22(26)32-34(23(19)31-25)18-6-7-20-15(12-18)3-2-8-27-20/h2-3,6-8,12-13,16-17H,4-5,9-11,14H2,1H3,(H,28,37)(H,35,36)(H,29,30,31)/t16-,17-/m1/s1. The summed E-state index contributed by atoms with van der Waals surface area (Å²) in [5, 5.41) is 21.6. The third-order valence-corrected chi connectivity index (χ3v) is 7.13. The average molecular weight is 567 g/mol. The Morgan fingerprint density at radius 2 is 2.11 bits per heavy atom. The highest BCUT2D eigenvalue weighted by atomic mass is 79.9. The number of pyridine rings is 1. The molecular formula is C25H27BrN8O3. The molecule has 0 saturated heterocycles. The summed E-state index contributed by atoms with van der Waals surface area (Å²) in [5.41, 5.74) is 2.45. The number of carbonyl (C=O) groups excluding carboxylic acids is 1. The number of aromatic nitrogens is 5. The van der Waals surface area contributed by atoms with E-state index in [1.54, 1.807) is 29.0 Å². The molecule has 3 N–H and O–H groups in total. The van der Waals surface area contributed by atoms with Gasteiger partial charge in [0, 0.05) is 42.8 Å². The highest BCUT2D eigenvalue weighted by Crippen LogP contribution is 2.29. The van der Waals surface area contributed by atoms with Gasteiger partial charge in [-0.1, -0.05) is 6.07 Å². The molecule has 1 aliphatic rings. The zero-order valence-electron chi connectivity index (χ0n) is 20.3. The van der Waals surface area contributed by atoms with E-state index in [1.165, 1.54) is 0 Å². The van der Waals surface area contributed by atoms with Crippen LogP contribution in [0.15, 0.2) is 47.3 Å². The van der Waals surface area contributed by atoms with Crippen molar-refractivity contribution in [3.63, 3.8) is 0 Å². The number of nitrogens with zero attached hydrogens (tertiary/aromatic N) is 6. The molecule has 0 aliphatic heterocycles. The maximum Gasteiger partial charge on any atom is 0.317 e. The highest BCUT2D eigenvalue weighted by molar-refractivity contribution is 9.10. The van der Waals surface area contributed by atoms with E-state index in [-0.39, 0.29) is 24.4 Å². The van der Waals surface area contributed by atoms with Gasteiger partial charge in [-0.05, 0) is 66.5 Å². The number of hydrogen-bond donors (Lipinski definition) is 3. The monoisotopic (exact) mass is 566 g/mol. The van der Waals surface area contributed by atoms with Crippen LogP contribution in [-0.4, -0.2) is 79.3 Å². The summed E-state index contributed by atoms with van der Waals surface area (Å²) in [5.74, 6) is -0.497. The first kappa shape index (κ1) is 25.0. The summed E-state index contributed by atoms with van der Waals surface area (Å²) < 4.78 is 2.44. The Labute approximate surface area is 221 Å². The topological polar surface area (TPSA) is 138 Å². The van der Waals surface area contributed by atoms with Crippen LogP contribution in [0.1, 0.15) is 19.3 Å². The molecular weight excluding hydrogens is 540 g/mol. The van der Waals surface area contributed by atoms with Crippen molar-refractivity contribution in [2.75, 3.05) is 32.0 Å². The quantitative estimate of drug-likeness (QED) is 0.279. The molecule has 1 saturated carbocycles. The van der Waals surface area contributed by atoms with Gasteiger partial charge in [-0.25, -0.2) is 9.67 Å². The Morgan fingerprint density at radius 3 is 2.95 bits per heavy atom. The lowest BCUT2D eigenvalue weighted by atomic mass is 10.1. The smallest absolute Gasteiger partial charge is 0.317 e. The van der Waals surface area contributed by atoms with Crippen LogP contribution >= 0.6 is 15.9 Å². The summed E-state index contributed by atoms with van der Waals surface area (Å²) >= 11 is 3.52. The summed E-state index contributed by atoms with van der Waals surface area (Å²) in [6.45, 7) is 0.848. The molecule has 4 aromatic rings. The lowest BCUT2D eigenvalue weighted by Gasteiger charge is -2.16. The zero-order valence-corrected chi connectivity index (χ0v) is 21.8. The van der Waals surface area contributed by atoms with E-state index in [9.17, 15) is 9.59 Å². The van der Waals surface area contributed by atoms with E-state index >= 15 is 0 Å². The number of carboxylic acids is 1. The van der Waals surface area contributed by atoms with Crippen molar-refractivity contribution in [1.29, 1.82) is 0 Å². The number of amides is 1. The molecule has 2 atom stereocenters. The van der Waals surface area contributed by atoms with E-state index < -0.39 is 5.97 Å². The minimum absolute atomic E-state index is 0.00260. The number of rotatable bonds is 9. The van der Waals surface area contributed by atoms with E-state index in [0.717, 1.165) is 34.8 Å². The molecule has 11 nitrogen and oxygen atoms in total. The molecule has 0 bridgehead atoms. The Morgan fingerprint density at radius 1 is 1.24 bits per heavy atom. The molecule has 3 aromatic heterocycles. The van der Waals surface area contributed by atoms with Crippen LogP contribution in [0.25, 0.3) is 27.6 Å². The molecule has 192 valence electrons. The van der Waals surface area contributed by atoms with E-state index in [1.807, 2.05) is 30.3 Å². The number of hydrogen-bond acceptors (Lipinski definition) is 8. The second-order valence-corrected chi connectivity index (χ2v) is 10.0. The molecule has 0 radical (unpaired) electrons. The molecule has 0 spiro atoms. The van der Waals surface area contributed by atoms with Crippen molar-refractivity contribution in [3.8, 4) is 5.69 Å².